The highest BCUT2D eigenvalue weighted by atomic mass is 35.5. The Hall–Kier alpha value is -2.32. The predicted octanol–water partition coefficient (Wildman–Crippen LogP) is 5.82. The average molecular weight is 611 g/mol. The molecule has 0 spiro atoms. The van der Waals surface area contributed by atoms with Crippen LogP contribution in [-0.4, -0.2) is 67.2 Å². The normalized spacial score (nSPS) is 16.9. The Balaban J connectivity index is 1.82. The van der Waals surface area contributed by atoms with Gasteiger partial charge in [-0.1, -0.05) is 35.3 Å². The van der Waals surface area contributed by atoms with Gasteiger partial charge in [0.15, 0.2) is 10.6 Å². The number of aromatic nitrogens is 3. The van der Waals surface area contributed by atoms with E-state index in [1.807, 2.05) is 0 Å². The van der Waals surface area contributed by atoms with E-state index in [-0.39, 0.29) is 70.3 Å². The molecule has 1 atom stereocenters. The SMILES string of the molecule is CC(C)(O)Cc1nnc(-c2nc(C(=O)N3CCC(F)CC3)c(-c3ccc(C(C)(O)C(F)(F)F)c(Cl)c3Cl)s2)o1. The first-order chi connectivity index (χ1) is 18.0. The Morgan fingerprint density at radius 3 is 2.36 bits per heavy atom. The van der Waals surface area contributed by atoms with Gasteiger partial charge in [-0.25, -0.2) is 9.37 Å². The zero-order chi connectivity index (χ0) is 28.9. The number of piperidine rings is 1. The molecule has 3 aromatic rings. The van der Waals surface area contributed by atoms with Crippen LogP contribution in [0.4, 0.5) is 17.6 Å². The van der Waals surface area contributed by atoms with E-state index < -0.39 is 40.0 Å². The van der Waals surface area contributed by atoms with E-state index in [1.165, 1.54) is 11.0 Å². The van der Waals surface area contributed by atoms with Crippen molar-refractivity contribution in [3.8, 4) is 21.3 Å². The number of thiazole rings is 1. The monoisotopic (exact) mass is 610 g/mol. The van der Waals surface area contributed by atoms with Crippen molar-refractivity contribution in [2.24, 2.45) is 0 Å². The molecular formula is C24H24Cl2F4N4O4S. The molecule has 3 heterocycles. The van der Waals surface area contributed by atoms with Gasteiger partial charge in [0.1, 0.15) is 11.9 Å². The molecule has 1 aromatic carbocycles. The van der Waals surface area contributed by atoms with Crippen molar-refractivity contribution in [3.63, 3.8) is 0 Å². The predicted molar refractivity (Wildman–Crippen MR) is 137 cm³/mol. The van der Waals surface area contributed by atoms with E-state index in [2.05, 4.69) is 15.2 Å². The average Bonchev–Trinajstić information content (AvgIpc) is 3.46. The van der Waals surface area contributed by atoms with Gasteiger partial charge in [0.25, 0.3) is 11.8 Å². The van der Waals surface area contributed by atoms with E-state index >= 15 is 0 Å². The van der Waals surface area contributed by atoms with E-state index in [9.17, 15) is 32.6 Å². The second-order valence-corrected chi connectivity index (χ2v) is 11.8. The minimum atomic E-state index is -5.04. The molecule has 1 fully saturated rings. The lowest BCUT2D eigenvalue weighted by Crippen LogP contribution is -2.39. The summed E-state index contributed by atoms with van der Waals surface area (Å²) in [5, 5.41) is 27.3. The fourth-order valence-corrected chi connectivity index (χ4v) is 5.65. The molecule has 0 bridgehead atoms. The van der Waals surface area contributed by atoms with Gasteiger partial charge in [0, 0.05) is 24.2 Å². The molecule has 4 rings (SSSR count). The lowest BCUT2D eigenvalue weighted by molar-refractivity contribution is -0.258. The van der Waals surface area contributed by atoms with Gasteiger partial charge in [-0.3, -0.25) is 4.79 Å². The Labute approximate surface area is 234 Å². The fraction of sp³-hybridized carbons (Fsp3) is 0.500. The third kappa shape index (κ3) is 6.07. The quantitative estimate of drug-likeness (QED) is 0.338. The number of carbonyl (C=O) groups excluding carboxylic acids is 1. The second kappa shape index (κ2) is 10.6. The number of amides is 1. The van der Waals surface area contributed by atoms with Crippen LogP contribution in [0, 0.1) is 0 Å². The summed E-state index contributed by atoms with van der Waals surface area (Å²) in [7, 11) is 0. The topological polar surface area (TPSA) is 113 Å². The van der Waals surface area contributed by atoms with Gasteiger partial charge in [-0.15, -0.1) is 21.5 Å². The number of rotatable bonds is 6. The Morgan fingerprint density at radius 1 is 1.13 bits per heavy atom. The molecule has 212 valence electrons. The molecule has 39 heavy (non-hydrogen) atoms. The third-order valence-electron chi connectivity index (χ3n) is 6.18. The highest BCUT2D eigenvalue weighted by Crippen LogP contribution is 2.47. The first kappa shape index (κ1) is 29.7. The summed E-state index contributed by atoms with van der Waals surface area (Å²) < 4.78 is 59.8. The summed E-state index contributed by atoms with van der Waals surface area (Å²) >= 11 is 13.5. The number of hydrogen-bond donors (Lipinski definition) is 2. The number of benzene rings is 1. The Bertz CT molecular complexity index is 1380. The summed E-state index contributed by atoms with van der Waals surface area (Å²) in [6.45, 7) is 3.96. The van der Waals surface area contributed by atoms with Crippen LogP contribution in [0.15, 0.2) is 16.5 Å². The van der Waals surface area contributed by atoms with E-state index in [0.29, 0.717) is 6.92 Å². The zero-order valence-corrected chi connectivity index (χ0v) is 23.3. The number of hydrogen-bond acceptors (Lipinski definition) is 8. The van der Waals surface area contributed by atoms with E-state index in [4.69, 9.17) is 27.6 Å². The highest BCUT2D eigenvalue weighted by Gasteiger charge is 2.52. The number of halogens is 6. The van der Waals surface area contributed by atoms with Crippen LogP contribution in [0.25, 0.3) is 21.3 Å². The maximum absolute atomic E-state index is 13.7. The van der Waals surface area contributed by atoms with E-state index in [1.54, 1.807) is 13.8 Å². The molecule has 2 N–H and O–H groups in total. The van der Waals surface area contributed by atoms with Crippen molar-refractivity contribution < 1.29 is 37.0 Å². The summed E-state index contributed by atoms with van der Waals surface area (Å²) in [6, 6.07) is 2.19. The van der Waals surface area contributed by atoms with Crippen molar-refractivity contribution in [1.29, 1.82) is 0 Å². The van der Waals surface area contributed by atoms with Crippen LogP contribution in [0.3, 0.4) is 0 Å². The van der Waals surface area contributed by atoms with Crippen LogP contribution in [-0.2, 0) is 12.0 Å². The number of alkyl halides is 4. The molecule has 8 nitrogen and oxygen atoms in total. The minimum Gasteiger partial charge on any atom is -0.419 e. The lowest BCUT2D eigenvalue weighted by Gasteiger charge is -2.29. The maximum Gasteiger partial charge on any atom is 0.421 e. The molecule has 15 heteroatoms. The number of carbonyl (C=O) groups is 1. The molecule has 1 amide bonds. The summed E-state index contributed by atoms with van der Waals surface area (Å²) in [5.74, 6) is -0.484. The molecule has 1 saturated heterocycles. The summed E-state index contributed by atoms with van der Waals surface area (Å²) in [4.78, 5) is 19.4. The standard InChI is InChI=1S/C24H24Cl2F4N4O4S/c1-22(2,36)10-14-32-33-19(38-14)20-31-17(21(35)34-8-6-11(27)7-9-34)18(39-20)12-4-5-13(16(26)15(12)25)23(3,37)24(28,29)30/h4-5,11,36-37H,6-10H2,1-3H3. The van der Waals surface area contributed by atoms with Gasteiger partial charge in [-0.05, 0) is 33.6 Å². The number of aliphatic hydroxyl groups is 2. The van der Waals surface area contributed by atoms with Crippen LogP contribution < -0.4 is 0 Å². The number of nitrogens with zero attached hydrogens (tertiary/aromatic N) is 4. The lowest BCUT2D eigenvalue weighted by atomic mass is 9.94. The summed E-state index contributed by atoms with van der Waals surface area (Å²) in [5.41, 5.74) is -5.11. The van der Waals surface area contributed by atoms with Crippen molar-refractivity contribution >= 4 is 40.4 Å². The Morgan fingerprint density at radius 2 is 1.77 bits per heavy atom. The van der Waals surface area contributed by atoms with Crippen LogP contribution >= 0.6 is 34.5 Å². The highest BCUT2D eigenvalue weighted by molar-refractivity contribution is 7.18. The van der Waals surface area contributed by atoms with Gasteiger partial charge >= 0.3 is 6.18 Å². The third-order valence-corrected chi connectivity index (χ3v) is 8.14. The summed E-state index contributed by atoms with van der Waals surface area (Å²) in [6.07, 6.45) is -5.73. The van der Waals surface area contributed by atoms with E-state index in [0.717, 1.165) is 17.4 Å². The Kier molecular flexibility index (Phi) is 8.05. The maximum atomic E-state index is 13.7. The van der Waals surface area contributed by atoms with Crippen LogP contribution in [0.2, 0.25) is 10.0 Å². The minimum absolute atomic E-state index is 0.0459. The molecule has 1 aliphatic heterocycles. The molecule has 1 aliphatic rings. The first-order valence-corrected chi connectivity index (χ1v) is 13.3. The first-order valence-electron chi connectivity index (χ1n) is 11.8. The largest absolute Gasteiger partial charge is 0.421 e. The van der Waals surface area contributed by atoms with Crippen molar-refractivity contribution in [2.45, 2.75) is 63.6 Å². The second-order valence-electron chi connectivity index (χ2n) is 10.0. The van der Waals surface area contributed by atoms with Gasteiger partial charge < -0.3 is 19.5 Å². The molecule has 0 saturated carbocycles. The number of likely N-dealkylation sites (tertiary alicyclic amines) is 1. The van der Waals surface area contributed by atoms with Gasteiger partial charge in [0.2, 0.25) is 5.89 Å². The van der Waals surface area contributed by atoms with Crippen molar-refractivity contribution in [3.05, 3.63) is 39.3 Å². The van der Waals surface area contributed by atoms with Crippen LogP contribution in [0.5, 0.6) is 0 Å². The smallest absolute Gasteiger partial charge is 0.419 e. The van der Waals surface area contributed by atoms with Crippen LogP contribution in [0.1, 0.15) is 55.6 Å². The van der Waals surface area contributed by atoms with Crippen molar-refractivity contribution in [1.82, 2.24) is 20.1 Å². The fourth-order valence-electron chi connectivity index (χ4n) is 3.97. The zero-order valence-electron chi connectivity index (χ0n) is 20.9. The van der Waals surface area contributed by atoms with Gasteiger partial charge in [-0.2, -0.15) is 13.2 Å². The molecule has 0 aliphatic carbocycles. The molecule has 2 aromatic heterocycles. The molecular weight excluding hydrogens is 587 g/mol. The molecule has 0 radical (unpaired) electrons. The van der Waals surface area contributed by atoms with Crippen molar-refractivity contribution in [2.75, 3.05) is 13.1 Å². The van der Waals surface area contributed by atoms with Gasteiger partial charge in [0.05, 0.1) is 26.9 Å². The molecule has 1 unspecified atom stereocenters.